The van der Waals surface area contributed by atoms with Gasteiger partial charge in [0.2, 0.25) is 0 Å². The number of nitrogens with zero attached hydrogens (tertiary/aromatic N) is 1. The van der Waals surface area contributed by atoms with Gasteiger partial charge in [0.25, 0.3) is 10.1 Å². The van der Waals surface area contributed by atoms with Gasteiger partial charge >= 0.3 is 0 Å². The number of H-pyrrole nitrogens is 1. The monoisotopic (exact) mass is 358 g/mol. The van der Waals surface area contributed by atoms with Crippen LogP contribution in [0.25, 0.3) is 11.3 Å². The molecule has 6 N–H and O–H groups in total. The Balaban J connectivity index is 0.00000288. The predicted molar refractivity (Wildman–Crippen MR) is 91.1 cm³/mol. The van der Waals surface area contributed by atoms with Gasteiger partial charge in [-0.1, -0.05) is 6.07 Å². The molecule has 0 unspecified atom stereocenters. The Kier molecular flexibility index (Phi) is 7.17. The molecule has 9 nitrogen and oxygen atoms in total. The molecule has 0 atom stereocenters. The van der Waals surface area contributed by atoms with E-state index >= 15 is 0 Å². The molecule has 2 rings (SSSR count). The molecule has 0 saturated carbocycles. The summed E-state index contributed by atoms with van der Waals surface area (Å²) in [6.07, 6.45) is 2.73. The zero-order chi connectivity index (χ0) is 16.9. The van der Waals surface area contributed by atoms with Crippen LogP contribution in [0.3, 0.4) is 0 Å². The lowest BCUT2D eigenvalue weighted by molar-refractivity contribution is 0.393. The van der Waals surface area contributed by atoms with Crippen LogP contribution in [-0.2, 0) is 20.8 Å². The van der Waals surface area contributed by atoms with Gasteiger partial charge in [0.1, 0.15) is 5.75 Å². The molecule has 0 aliphatic rings. The maximum absolute atomic E-state index is 11.0. The molecule has 0 fully saturated rings. The zero-order valence-corrected chi connectivity index (χ0v) is 14.3. The number of ether oxygens (including phenoxy) is 1. The number of aromatic nitrogens is 2. The Morgan fingerprint density at radius 2 is 2.08 bits per heavy atom. The highest BCUT2D eigenvalue weighted by Crippen LogP contribution is 2.31. The summed E-state index contributed by atoms with van der Waals surface area (Å²) in [4.78, 5) is 0. The van der Waals surface area contributed by atoms with Gasteiger partial charge < -0.3 is 15.9 Å². The van der Waals surface area contributed by atoms with Crippen LogP contribution in [-0.4, -0.2) is 44.0 Å². The molecule has 0 aliphatic heterocycles. The van der Waals surface area contributed by atoms with Crippen LogP contribution in [0, 0.1) is 0 Å². The lowest BCUT2D eigenvalue weighted by Crippen LogP contribution is -2.09. The molecular formula is C14H22N4O5S. The minimum Gasteiger partial charge on any atom is -0.496 e. The smallest absolute Gasteiger partial charge is 0.285 e. The molecule has 10 heteroatoms. The Morgan fingerprint density at radius 3 is 2.71 bits per heavy atom. The second-order valence-electron chi connectivity index (χ2n) is 4.98. The molecular weight excluding hydrogens is 336 g/mol. The molecule has 0 bridgehead atoms. The van der Waals surface area contributed by atoms with Crippen LogP contribution in [0.5, 0.6) is 5.75 Å². The van der Waals surface area contributed by atoms with E-state index in [0.717, 1.165) is 30.2 Å². The van der Waals surface area contributed by atoms with E-state index in [2.05, 4.69) is 20.0 Å². The number of hydrogen-bond acceptors (Lipinski definition) is 7. The molecule has 0 radical (unpaired) electrons. The number of aryl methyl sites for hydroxylation is 1. The normalized spacial score (nSPS) is 11.0. The molecule has 24 heavy (non-hydrogen) atoms. The van der Waals surface area contributed by atoms with Gasteiger partial charge in [-0.2, -0.15) is 13.5 Å². The van der Waals surface area contributed by atoms with Crippen molar-refractivity contribution in [1.82, 2.24) is 10.2 Å². The minimum absolute atomic E-state index is 0. The van der Waals surface area contributed by atoms with Crippen molar-refractivity contribution < 1.29 is 22.9 Å². The predicted octanol–water partition coefficient (Wildman–Crippen LogP) is 0.455. The Hall–Kier alpha value is -2.14. The van der Waals surface area contributed by atoms with E-state index < -0.39 is 10.1 Å². The van der Waals surface area contributed by atoms with E-state index in [-0.39, 0.29) is 11.3 Å². The maximum atomic E-state index is 11.0. The highest BCUT2D eigenvalue weighted by Gasteiger charge is 2.11. The molecule has 0 saturated heterocycles. The summed E-state index contributed by atoms with van der Waals surface area (Å²) in [6.45, 7) is 0.639. The maximum Gasteiger partial charge on any atom is 0.285 e. The largest absolute Gasteiger partial charge is 0.496 e. The topological polar surface area (TPSA) is 151 Å². The number of nitrogens with one attached hydrogen (secondary N) is 2. The number of methoxy groups -OCH3 is 1. The van der Waals surface area contributed by atoms with Crippen molar-refractivity contribution in [3.8, 4) is 17.0 Å². The SMILES string of the molecule is COc1cc(CCCN)ccc1-c1cc(NOS(C)(=O)=O)n[nH]1.O. The average Bonchev–Trinajstić information content (AvgIpc) is 2.98. The lowest BCUT2D eigenvalue weighted by Gasteiger charge is -2.09. The summed E-state index contributed by atoms with van der Waals surface area (Å²) in [5, 5.41) is 6.75. The lowest BCUT2D eigenvalue weighted by atomic mass is 10.0. The molecule has 0 spiro atoms. The fraction of sp³-hybridized carbons (Fsp3) is 0.357. The van der Waals surface area contributed by atoms with Crippen LogP contribution in [0.1, 0.15) is 12.0 Å². The van der Waals surface area contributed by atoms with Crippen LogP contribution in [0.4, 0.5) is 5.82 Å². The first-order valence-electron chi connectivity index (χ1n) is 7.00. The number of aromatic amines is 1. The summed E-state index contributed by atoms with van der Waals surface area (Å²) in [6, 6.07) is 7.49. The van der Waals surface area contributed by atoms with E-state index in [0.29, 0.717) is 18.0 Å². The van der Waals surface area contributed by atoms with Crippen molar-refractivity contribution >= 4 is 15.9 Å². The molecule has 0 amide bonds. The van der Waals surface area contributed by atoms with Crippen LogP contribution in [0.2, 0.25) is 0 Å². The van der Waals surface area contributed by atoms with Crippen molar-refractivity contribution in [2.75, 3.05) is 25.4 Å². The van der Waals surface area contributed by atoms with Gasteiger partial charge in [-0.25, -0.2) is 5.48 Å². The van der Waals surface area contributed by atoms with Gasteiger partial charge in [-0.05, 0) is 37.1 Å². The summed E-state index contributed by atoms with van der Waals surface area (Å²) in [5.74, 6) is 0.943. The second kappa shape index (κ2) is 8.64. The van der Waals surface area contributed by atoms with E-state index in [9.17, 15) is 8.42 Å². The molecule has 1 aromatic carbocycles. The number of rotatable bonds is 8. The third kappa shape index (κ3) is 5.49. The molecule has 1 heterocycles. The van der Waals surface area contributed by atoms with Crippen molar-refractivity contribution in [1.29, 1.82) is 0 Å². The summed E-state index contributed by atoms with van der Waals surface area (Å²) in [7, 11) is -2.01. The molecule has 134 valence electrons. The highest BCUT2D eigenvalue weighted by atomic mass is 32.2. The first-order chi connectivity index (χ1) is 10.9. The molecule has 1 aromatic heterocycles. The summed E-state index contributed by atoms with van der Waals surface area (Å²) >= 11 is 0. The van der Waals surface area contributed by atoms with Crippen LogP contribution in [0.15, 0.2) is 24.3 Å². The third-order valence-electron chi connectivity index (χ3n) is 3.10. The van der Waals surface area contributed by atoms with E-state index in [1.165, 1.54) is 0 Å². The van der Waals surface area contributed by atoms with Gasteiger partial charge in [-0.15, -0.1) is 4.28 Å². The Morgan fingerprint density at radius 1 is 1.33 bits per heavy atom. The number of hydrogen-bond donors (Lipinski definition) is 3. The zero-order valence-electron chi connectivity index (χ0n) is 13.5. The van der Waals surface area contributed by atoms with Crippen LogP contribution < -0.4 is 16.0 Å². The summed E-state index contributed by atoms with van der Waals surface area (Å²) in [5.41, 5.74) is 10.4. The Bertz CT molecular complexity index is 760. The van der Waals surface area contributed by atoms with Crippen molar-refractivity contribution in [3.05, 3.63) is 29.8 Å². The van der Waals surface area contributed by atoms with Gasteiger partial charge in [0, 0.05) is 11.6 Å². The fourth-order valence-electron chi connectivity index (χ4n) is 2.05. The van der Waals surface area contributed by atoms with E-state index in [4.69, 9.17) is 10.5 Å². The highest BCUT2D eigenvalue weighted by molar-refractivity contribution is 7.86. The second-order valence-corrected chi connectivity index (χ2v) is 6.56. The summed E-state index contributed by atoms with van der Waals surface area (Å²) < 4.78 is 31.8. The van der Waals surface area contributed by atoms with Gasteiger partial charge in [0.15, 0.2) is 5.82 Å². The van der Waals surface area contributed by atoms with Crippen molar-refractivity contribution in [3.63, 3.8) is 0 Å². The van der Waals surface area contributed by atoms with Crippen molar-refractivity contribution in [2.45, 2.75) is 12.8 Å². The first-order valence-corrected chi connectivity index (χ1v) is 8.82. The van der Waals surface area contributed by atoms with Crippen molar-refractivity contribution in [2.24, 2.45) is 5.73 Å². The number of benzene rings is 1. The van der Waals surface area contributed by atoms with E-state index in [1.54, 1.807) is 13.2 Å². The standard InChI is InChI=1S/C14H20N4O4S.H2O/c1-21-13-8-10(4-3-7-15)5-6-11(13)12-9-14(17-16-12)18-22-23(2,19)20;/h5-6,8-9H,3-4,7,15H2,1-2H3,(H2,16,17,18);1H2. The molecule has 0 aliphatic carbocycles. The quantitative estimate of drug-likeness (QED) is 0.580. The first kappa shape index (κ1) is 19.9. The van der Waals surface area contributed by atoms with E-state index in [1.807, 2.05) is 18.2 Å². The van der Waals surface area contributed by atoms with Gasteiger partial charge in [0.05, 0.1) is 19.1 Å². The Labute approximate surface area is 140 Å². The third-order valence-corrected chi connectivity index (χ3v) is 3.49. The average molecular weight is 358 g/mol. The number of anilines is 1. The number of nitrogens with two attached hydrogens (primary N) is 1. The van der Waals surface area contributed by atoms with Gasteiger partial charge in [-0.3, -0.25) is 5.10 Å². The fourth-order valence-corrected chi connectivity index (χ4v) is 2.29. The minimum atomic E-state index is -3.60. The molecule has 2 aromatic rings. The van der Waals surface area contributed by atoms with Crippen LogP contribution >= 0.6 is 0 Å².